The maximum absolute atomic E-state index is 15.0. The molecule has 4 fully saturated rings. The summed E-state index contributed by atoms with van der Waals surface area (Å²) in [6, 6.07) is 2.77. The van der Waals surface area contributed by atoms with Crippen LogP contribution in [0.5, 0.6) is 0 Å². The van der Waals surface area contributed by atoms with Crippen LogP contribution in [-0.2, 0) is 70.4 Å². The van der Waals surface area contributed by atoms with Crippen LogP contribution in [-0.4, -0.2) is 229 Å². The number of fused-ring (bicyclic) bond motifs is 2. The van der Waals surface area contributed by atoms with Crippen molar-refractivity contribution < 1.29 is 62.6 Å². The number of nitrogens with two attached hydrogens (primary N) is 3. The second-order valence-electron chi connectivity index (χ2n) is 27.7. The summed E-state index contributed by atoms with van der Waals surface area (Å²) >= 11 is 1.42. The SMILES string of the molecule is CSCC[C@H](NC(=O)[C@H](Cc1c[nH]c2ccccc12)NC(=O)[C@@H]1CCCN1C(=O)[C@H](CCCN=C(N)N)NC(=O)[C@@H](NC(=O)[C@@H]1CCCN1C(=O)[C@@H](N)Cc1c[nH]c2ccccc12)C(C)C)C(=O)N1CCC[C@H]1C(=O)NCC(=O)N1CCC[C@H]1C(=O)N[C@H](C(=O)N[C@H](C(=O)O)C(C)C)C(C)C. The highest BCUT2D eigenvalue weighted by Crippen LogP contribution is 2.27. The molecule has 0 radical (unpaired) electrons. The standard InChI is InChI=1S/C70H101N17O13S/c1-38(2)56(81-63(93)54-25-15-29-85(54)66(96)45(71)33-41-35-75-46-19-10-8-17-43(41)46)64(94)79-48(21-12-27-74-70(72)73)67(97)87-31-16-24-53(87)61(91)80-50(34-42-36-76-47-20-11-9-18-44(42)47)59(89)78-49(26-32-101-7)68(98)86-30-14-22-51(86)60(90)77-37-55(88)84-28-13-23-52(84)62(92)82-57(39(3)4)65(95)83-58(40(5)6)69(99)100/h8-11,17-20,35-36,38-40,45,48-54,56-58,75-76H,12-16,21-34,37,71H2,1-7H3,(H,77,90)(H,78,89)(H,79,94)(H,80,91)(H,81,93)(H,82,92)(H,83,95)(H,99,100)(H4,72,73,74)/t45-,48-,49-,50-,51-,52-,53-,54-,56-,57-,58-/m0/s1. The Bertz CT molecular complexity index is 3680. The highest BCUT2D eigenvalue weighted by Gasteiger charge is 2.45. The van der Waals surface area contributed by atoms with Crippen LogP contribution in [0.2, 0.25) is 0 Å². The summed E-state index contributed by atoms with van der Waals surface area (Å²) in [5.41, 5.74) is 21.0. The third-order valence-electron chi connectivity index (χ3n) is 19.5. The Morgan fingerprint density at radius 3 is 1.47 bits per heavy atom. The van der Waals surface area contributed by atoms with Gasteiger partial charge >= 0.3 is 5.97 Å². The third-order valence-corrected chi connectivity index (χ3v) is 20.1. The van der Waals surface area contributed by atoms with Crippen LogP contribution in [0.15, 0.2) is 65.9 Å². The molecule has 6 heterocycles. The number of carbonyl (C=O) groups excluding carboxylic acids is 11. The highest BCUT2D eigenvalue weighted by atomic mass is 32.2. The van der Waals surface area contributed by atoms with Crippen LogP contribution in [0.3, 0.4) is 0 Å². The summed E-state index contributed by atoms with van der Waals surface area (Å²) < 4.78 is 0. The number of carboxylic acids is 1. The van der Waals surface area contributed by atoms with Gasteiger partial charge in [-0.25, -0.2) is 4.79 Å². The molecule has 11 atom stereocenters. The first-order valence-corrected chi connectivity index (χ1v) is 36.5. The molecular formula is C70H101N17O13S. The molecule has 0 spiro atoms. The van der Waals surface area contributed by atoms with Crippen LogP contribution in [0.25, 0.3) is 21.8 Å². The quantitative estimate of drug-likeness (QED) is 0.0177. The monoisotopic (exact) mass is 1420 g/mol. The zero-order chi connectivity index (χ0) is 73.4. The average molecular weight is 1420 g/mol. The van der Waals surface area contributed by atoms with Crippen molar-refractivity contribution in [2.24, 2.45) is 39.9 Å². The van der Waals surface area contributed by atoms with E-state index in [1.807, 2.05) is 61.0 Å². The van der Waals surface area contributed by atoms with Crippen molar-refractivity contribution in [3.63, 3.8) is 0 Å². The molecule has 550 valence electrons. The highest BCUT2D eigenvalue weighted by molar-refractivity contribution is 7.98. The van der Waals surface area contributed by atoms with Crippen LogP contribution in [0, 0.1) is 17.8 Å². The van der Waals surface area contributed by atoms with Gasteiger partial charge in [0.25, 0.3) is 0 Å². The largest absolute Gasteiger partial charge is 0.480 e. The minimum absolute atomic E-state index is 0.0142. The molecule has 0 saturated carbocycles. The van der Waals surface area contributed by atoms with Crippen LogP contribution >= 0.6 is 11.8 Å². The second kappa shape index (κ2) is 35.9. The summed E-state index contributed by atoms with van der Waals surface area (Å²) in [5.74, 6) is -9.10. The van der Waals surface area contributed by atoms with E-state index in [9.17, 15) is 53.1 Å². The lowest BCUT2D eigenvalue weighted by Crippen LogP contribution is -2.60. The summed E-state index contributed by atoms with van der Waals surface area (Å²) in [6.07, 6.45) is 8.70. The van der Waals surface area contributed by atoms with Gasteiger partial charge in [0.1, 0.15) is 60.4 Å². The number of rotatable bonds is 33. The number of aromatic nitrogens is 2. The van der Waals surface area contributed by atoms with Gasteiger partial charge in [0.05, 0.1) is 12.6 Å². The van der Waals surface area contributed by atoms with Gasteiger partial charge in [-0.05, 0) is 130 Å². The molecule has 16 N–H and O–H groups in total. The molecule has 4 aliphatic rings. The van der Waals surface area contributed by atoms with Crippen molar-refractivity contribution in [3.8, 4) is 0 Å². The fourth-order valence-electron chi connectivity index (χ4n) is 14.0. The molecular weight excluding hydrogens is 1320 g/mol. The average Bonchev–Trinajstić information content (AvgIpc) is 1.77. The van der Waals surface area contributed by atoms with Gasteiger partial charge in [-0.3, -0.25) is 57.7 Å². The molecule has 2 aromatic carbocycles. The Morgan fingerprint density at radius 2 is 0.970 bits per heavy atom. The first kappa shape index (κ1) is 77.5. The number of thioether (sulfide) groups is 1. The van der Waals surface area contributed by atoms with E-state index in [0.29, 0.717) is 43.4 Å². The van der Waals surface area contributed by atoms with Crippen LogP contribution in [0.4, 0.5) is 0 Å². The van der Waals surface area contributed by atoms with E-state index in [2.05, 4.69) is 52.2 Å². The number of aliphatic carboxylic acids is 1. The Morgan fingerprint density at radius 1 is 0.535 bits per heavy atom. The van der Waals surface area contributed by atoms with E-state index in [1.54, 1.807) is 47.7 Å². The zero-order valence-electron chi connectivity index (χ0n) is 58.7. The number of H-pyrrole nitrogens is 2. The van der Waals surface area contributed by atoms with Gasteiger partial charge in [0, 0.05) is 73.3 Å². The van der Waals surface area contributed by atoms with Crippen molar-refractivity contribution >= 4 is 110 Å². The Kier molecular flexibility index (Phi) is 27.5. The third kappa shape index (κ3) is 19.6. The number of amides is 11. The van der Waals surface area contributed by atoms with Crippen molar-refractivity contribution in [2.75, 3.05) is 51.3 Å². The molecule has 0 aliphatic carbocycles. The Hall–Kier alpha value is -9.26. The van der Waals surface area contributed by atoms with E-state index in [4.69, 9.17) is 17.2 Å². The van der Waals surface area contributed by atoms with Crippen molar-refractivity contribution in [1.29, 1.82) is 0 Å². The maximum atomic E-state index is 15.0. The molecule has 30 nitrogen and oxygen atoms in total. The van der Waals surface area contributed by atoms with Gasteiger partial charge in [0.15, 0.2) is 5.96 Å². The smallest absolute Gasteiger partial charge is 0.326 e. The topological polar surface area (TPSA) is 444 Å². The fraction of sp³-hybridized carbons (Fsp3) is 0.586. The summed E-state index contributed by atoms with van der Waals surface area (Å²) in [7, 11) is 0. The molecule has 4 aliphatic heterocycles. The zero-order valence-corrected chi connectivity index (χ0v) is 59.5. The van der Waals surface area contributed by atoms with Crippen LogP contribution < -0.4 is 54.4 Å². The Balaban J connectivity index is 0.936. The van der Waals surface area contributed by atoms with E-state index in [-0.39, 0.29) is 90.0 Å². The van der Waals surface area contributed by atoms with Crippen molar-refractivity contribution in [2.45, 2.75) is 191 Å². The molecule has 101 heavy (non-hydrogen) atoms. The number of nitrogens with zero attached hydrogens (tertiary/aromatic N) is 5. The number of carbonyl (C=O) groups is 12. The number of carboxylic acid groups (broad SMARTS) is 1. The number of guanidine groups is 1. The molecule has 4 saturated heterocycles. The maximum Gasteiger partial charge on any atom is 0.326 e. The summed E-state index contributed by atoms with van der Waals surface area (Å²) in [4.78, 5) is 186. The van der Waals surface area contributed by atoms with Crippen molar-refractivity contribution in [1.82, 2.24) is 66.8 Å². The van der Waals surface area contributed by atoms with Crippen molar-refractivity contribution in [3.05, 3.63) is 72.1 Å². The number of hydrogen-bond acceptors (Lipinski definition) is 15. The lowest BCUT2D eigenvalue weighted by molar-refractivity contribution is -0.144. The number of aromatic amines is 2. The summed E-state index contributed by atoms with van der Waals surface area (Å²) in [6.45, 7) is 10.5. The van der Waals surface area contributed by atoms with Gasteiger partial charge in [-0.2, -0.15) is 11.8 Å². The molecule has 2 aromatic heterocycles. The molecule has 31 heteroatoms. The minimum Gasteiger partial charge on any atom is -0.480 e. The lowest BCUT2D eigenvalue weighted by Gasteiger charge is -2.32. The van der Waals surface area contributed by atoms with E-state index in [0.717, 1.165) is 27.4 Å². The van der Waals surface area contributed by atoms with Gasteiger partial charge in [0.2, 0.25) is 65.0 Å². The normalized spacial score (nSPS) is 19.7. The number of nitrogens with one attached hydrogen (secondary N) is 9. The van der Waals surface area contributed by atoms with Gasteiger partial charge in [-0.15, -0.1) is 0 Å². The predicted octanol–water partition coefficient (Wildman–Crippen LogP) is 0.610. The number of hydrogen-bond donors (Lipinski definition) is 13. The molecule has 0 bridgehead atoms. The van der Waals surface area contributed by atoms with Gasteiger partial charge in [-0.1, -0.05) is 77.9 Å². The van der Waals surface area contributed by atoms with E-state index < -0.39 is 162 Å². The summed E-state index contributed by atoms with van der Waals surface area (Å²) in [5, 5.41) is 30.9. The van der Waals surface area contributed by atoms with Gasteiger partial charge < -0.3 is 89.1 Å². The number of para-hydroxylation sites is 2. The number of benzene rings is 2. The number of likely N-dealkylation sites (tertiary alicyclic amines) is 4. The molecule has 8 rings (SSSR count). The number of aliphatic imine (C=N–C) groups is 1. The second-order valence-corrected chi connectivity index (χ2v) is 28.7. The van der Waals surface area contributed by atoms with Crippen LogP contribution in [0.1, 0.15) is 123 Å². The predicted molar refractivity (Wildman–Crippen MR) is 381 cm³/mol. The van der Waals surface area contributed by atoms with E-state index in [1.165, 1.54) is 31.4 Å². The molecule has 0 unspecified atom stereocenters. The molecule has 4 aromatic rings. The fourth-order valence-corrected chi connectivity index (χ4v) is 14.4. The van der Waals surface area contributed by atoms with E-state index >= 15 is 9.59 Å². The first-order valence-electron chi connectivity index (χ1n) is 35.1. The minimum atomic E-state index is -1.33. The Labute approximate surface area is 592 Å². The molecule has 11 amide bonds. The lowest BCUT2D eigenvalue weighted by atomic mass is 9.99. The first-order chi connectivity index (χ1) is 48.2.